The monoisotopic (exact) mass is 269 g/mol. The maximum Gasteiger partial charge on any atom is 0.137 e. The number of nitrogens with zero attached hydrogens (tertiary/aromatic N) is 1. The van der Waals surface area contributed by atoms with Gasteiger partial charge in [-0.05, 0) is 42.5 Å². The average molecular weight is 270 g/mol. The summed E-state index contributed by atoms with van der Waals surface area (Å²) >= 11 is 5.95. The first-order chi connectivity index (χ1) is 9.31. The van der Waals surface area contributed by atoms with E-state index >= 15 is 0 Å². The van der Waals surface area contributed by atoms with Gasteiger partial charge in [0.25, 0.3) is 0 Å². The van der Waals surface area contributed by atoms with E-state index in [1.165, 1.54) is 0 Å². The van der Waals surface area contributed by atoms with Gasteiger partial charge >= 0.3 is 0 Å². The van der Waals surface area contributed by atoms with Gasteiger partial charge in [0.05, 0.1) is 0 Å². The van der Waals surface area contributed by atoms with Gasteiger partial charge in [0, 0.05) is 34.4 Å². The zero-order valence-electron chi connectivity index (χ0n) is 10.1. The topological polar surface area (TPSA) is 40.7 Å². The fourth-order valence-electron chi connectivity index (χ4n) is 1.87. The van der Waals surface area contributed by atoms with Gasteiger partial charge in [-0.15, -0.1) is 0 Å². The number of nitrogens with one attached hydrogen (secondary N) is 2. The first kappa shape index (κ1) is 11.8. The molecule has 94 valence electrons. The molecule has 0 unspecified atom stereocenters. The number of imidazole rings is 1. The molecule has 0 amide bonds. The second-order valence-corrected chi connectivity index (χ2v) is 4.59. The molecule has 1 heterocycles. The fourth-order valence-corrected chi connectivity index (χ4v) is 2.06. The Balaban J connectivity index is 1.80. The normalized spacial score (nSPS) is 10.4. The van der Waals surface area contributed by atoms with Gasteiger partial charge in [0.15, 0.2) is 0 Å². The van der Waals surface area contributed by atoms with E-state index in [-0.39, 0.29) is 0 Å². The Hall–Kier alpha value is -2.26. The minimum absolute atomic E-state index is 0.720. The molecule has 3 nitrogen and oxygen atoms in total. The van der Waals surface area contributed by atoms with Crippen LogP contribution in [-0.2, 0) is 0 Å². The van der Waals surface area contributed by atoms with Gasteiger partial charge in [-0.2, -0.15) is 0 Å². The third kappa shape index (κ3) is 2.77. The van der Waals surface area contributed by atoms with E-state index in [1.807, 2.05) is 54.7 Å². The highest BCUT2D eigenvalue weighted by Crippen LogP contribution is 2.22. The molecule has 0 radical (unpaired) electrons. The summed E-state index contributed by atoms with van der Waals surface area (Å²) in [7, 11) is 0. The van der Waals surface area contributed by atoms with Crippen molar-refractivity contribution in [3.05, 3.63) is 65.9 Å². The lowest BCUT2D eigenvalue weighted by atomic mass is 10.2. The molecular weight excluding hydrogens is 258 g/mol. The Morgan fingerprint density at radius 3 is 2.53 bits per heavy atom. The number of H-pyrrole nitrogens is 1. The smallest absolute Gasteiger partial charge is 0.137 e. The lowest BCUT2D eigenvalue weighted by Gasteiger charge is -2.07. The van der Waals surface area contributed by atoms with E-state index < -0.39 is 0 Å². The molecule has 3 aromatic rings. The molecule has 0 aliphatic heterocycles. The third-order valence-corrected chi connectivity index (χ3v) is 3.00. The Labute approximate surface area is 116 Å². The van der Waals surface area contributed by atoms with Crippen LogP contribution in [0.3, 0.4) is 0 Å². The molecule has 0 saturated carbocycles. The van der Waals surface area contributed by atoms with Gasteiger partial charge in [-0.1, -0.05) is 17.7 Å². The van der Waals surface area contributed by atoms with Gasteiger partial charge in [-0.3, -0.25) is 0 Å². The number of benzene rings is 2. The summed E-state index contributed by atoms with van der Waals surface area (Å²) in [6.45, 7) is 0. The number of anilines is 2. The number of rotatable bonds is 3. The van der Waals surface area contributed by atoms with Crippen molar-refractivity contribution in [2.24, 2.45) is 0 Å². The molecule has 0 aliphatic rings. The summed E-state index contributed by atoms with van der Waals surface area (Å²) < 4.78 is 0. The highest BCUT2D eigenvalue weighted by molar-refractivity contribution is 6.30. The fraction of sp³-hybridized carbons (Fsp3) is 0. The van der Waals surface area contributed by atoms with E-state index in [9.17, 15) is 0 Å². The summed E-state index contributed by atoms with van der Waals surface area (Å²) in [5.74, 6) is 0.870. The van der Waals surface area contributed by atoms with Crippen LogP contribution in [0, 0.1) is 0 Å². The standard InChI is InChI=1S/C15H12ClN3/c16-12-2-1-3-14(10-12)19-13-6-4-11(5-7-13)15-17-8-9-18-15/h1-10,19H,(H,17,18). The summed E-state index contributed by atoms with van der Waals surface area (Å²) in [6.07, 6.45) is 3.56. The number of aromatic amines is 1. The van der Waals surface area contributed by atoms with Crippen LogP contribution in [0.2, 0.25) is 5.02 Å². The molecule has 3 rings (SSSR count). The molecule has 1 aromatic heterocycles. The van der Waals surface area contributed by atoms with Crippen LogP contribution in [-0.4, -0.2) is 9.97 Å². The van der Waals surface area contributed by atoms with Crippen LogP contribution in [0.1, 0.15) is 0 Å². The maximum absolute atomic E-state index is 5.95. The van der Waals surface area contributed by atoms with Crippen molar-refractivity contribution in [3.63, 3.8) is 0 Å². The minimum atomic E-state index is 0.720. The van der Waals surface area contributed by atoms with Crippen molar-refractivity contribution in [3.8, 4) is 11.4 Å². The molecule has 0 fully saturated rings. The van der Waals surface area contributed by atoms with Crippen molar-refractivity contribution in [1.82, 2.24) is 9.97 Å². The molecule has 4 heteroatoms. The van der Waals surface area contributed by atoms with Crippen LogP contribution >= 0.6 is 11.6 Å². The molecular formula is C15H12ClN3. The maximum atomic E-state index is 5.95. The lowest BCUT2D eigenvalue weighted by Crippen LogP contribution is -1.90. The van der Waals surface area contributed by atoms with Crippen molar-refractivity contribution in [2.45, 2.75) is 0 Å². The second-order valence-electron chi connectivity index (χ2n) is 4.15. The van der Waals surface area contributed by atoms with E-state index in [2.05, 4.69) is 15.3 Å². The molecule has 0 atom stereocenters. The second kappa shape index (κ2) is 5.16. The third-order valence-electron chi connectivity index (χ3n) is 2.77. The first-order valence-electron chi connectivity index (χ1n) is 5.94. The lowest BCUT2D eigenvalue weighted by molar-refractivity contribution is 1.31. The van der Waals surface area contributed by atoms with Crippen LogP contribution < -0.4 is 5.32 Å². The van der Waals surface area contributed by atoms with Crippen LogP contribution in [0.25, 0.3) is 11.4 Å². The quantitative estimate of drug-likeness (QED) is 0.736. The van der Waals surface area contributed by atoms with Gasteiger partial charge in [0.2, 0.25) is 0 Å². The highest BCUT2D eigenvalue weighted by Gasteiger charge is 2.00. The number of halogens is 1. The van der Waals surface area contributed by atoms with Crippen LogP contribution in [0.5, 0.6) is 0 Å². The molecule has 0 bridgehead atoms. The number of hydrogen-bond donors (Lipinski definition) is 2. The Bertz CT molecular complexity index is 660. The molecule has 0 aliphatic carbocycles. The molecule has 2 N–H and O–H groups in total. The molecule has 2 aromatic carbocycles. The predicted molar refractivity (Wildman–Crippen MR) is 78.8 cm³/mol. The summed E-state index contributed by atoms with van der Waals surface area (Å²) in [5.41, 5.74) is 3.04. The van der Waals surface area contributed by atoms with Gasteiger partial charge in [-0.25, -0.2) is 4.98 Å². The largest absolute Gasteiger partial charge is 0.355 e. The van der Waals surface area contributed by atoms with Crippen molar-refractivity contribution >= 4 is 23.0 Å². The van der Waals surface area contributed by atoms with Crippen molar-refractivity contribution in [2.75, 3.05) is 5.32 Å². The molecule has 0 saturated heterocycles. The highest BCUT2D eigenvalue weighted by atomic mass is 35.5. The van der Waals surface area contributed by atoms with Gasteiger partial charge < -0.3 is 10.3 Å². The Morgan fingerprint density at radius 2 is 1.84 bits per heavy atom. The van der Waals surface area contributed by atoms with E-state index in [1.54, 1.807) is 6.20 Å². The zero-order valence-corrected chi connectivity index (χ0v) is 10.9. The minimum Gasteiger partial charge on any atom is -0.355 e. The number of hydrogen-bond acceptors (Lipinski definition) is 2. The Kier molecular flexibility index (Phi) is 3.21. The van der Waals surface area contributed by atoms with Crippen LogP contribution in [0.15, 0.2) is 60.9 Å². The number of aromatic nitrogens is 2. The first-order valence-corrected chi connectivity index (χ1v) is 6.31. The molecule has 0 spiro atoms. The summed E-state index contributed by atoms with van der Waals surface area (Å²) in [5, 5.41) is 4.02. The van der Waals surface area contributed by atoms with Gasteiger partial charge in [0.1, 0.15) is 5.82 Å². The van der Waals surface area contributed by atoms with E-state index in [4.69, 9.17) is 11.6 Å². The van der Waals surface area contributed by atoms with E-state index in [0.29, 0.717) is 0 Å². The molecule has 19 heavy (non-hydrogen) atoms. The zero-order chi connectivity index (χ0) is 13.1. The van der Waals surface area contributed by atoms with Crippen molar-refractivity contribution in [1.29, 1.82) is 0 Å². The van der Waals surface area contributed by atoms with Crippen molar-refractivity contribution < 1.29 is 0 Å². The Morgan fingerprint density at radius 1 is 1.00 bits per heavy atom. The summed E-state index contributed by atoms with van der Waals surface area (Å²) in [6, 6.07) is 15.7. The van der Waals surface area contributed by atoms with E-state index in [0.717, 1.165) is 27.8 Å². The SMILES string of the molecule is Clc1cccc(Nc2ccc(-c3ncc[nH]3)cc2)c1. The van der Waals surface area contributed by atoms with Crippen LogP contribution in [0.4, 0.5) is 11.4 Å². The summed E-state index contributed by atoms with van der Waals surface area (Å²) in [4.78, 5) is 7.30. The predicted octanol–water partition coefficient (Wildman–Crippen LogP) is 4.47. The average Bonchev–Trinajstić information content (AvgIpc) is 2.94.